The average Bonchev–Trinajstić information content (AvgIpc) is 3.43. The number of anilines is 1. The molecule has 1 N–H and O–H groups in total. The predicted molar refractivity (Wildman–Crippen MR) is 98.0 cm³/mol. The molecule has 0 bridgehead atoms. The first-order valence-electron chi connectivity index (χ1n) is 8.78. The summed E-state index contributed by atoms with van der Waals surface area (Å²) in [5.74, 6) is -0.495. The molecule has 3 heterocycles. The SMILES string of the molecule is CCS(=O)(=O)c1cc(NC2CC2)cnc1-n1nc2ccc(C(F)(F)F)cn2c1=O. The predicted octanol–water partition coefficient (Wildman–Crippen LogP) is 2.27. The van der Waals surface area contributed by atoms with E-state index in [0.29, 0.717) is 21.0 Å². The van der Waals surface area contributed by atoms with Gasteiger partial charge in [0.25, 0.3) is 0 Å². The van der Waals surface area contributed by atoms with E-state index in [-0.39, 0.29) is 28.2 Å². The zero-order valence-corrected chi connectivity index (χ0v) is 16.0. The lowest BCUT2D eigenvalue weighted by Gasteiger charge is -2.11. The van der Waals surface area contributed by atoms with Crippen molar-refractivity contribution >= 4 is 21.2 Å². The molecule has 0 unspecified atom stereocenters. The van der Waals surface area contributed by atoms with Gasteiger partial charge in [0.1, 0.15) is 4.90 Å². The van der Waals surface area contributed by atoms with Crippen molar-refractivity contribution in [2.24, 2.45) is 0 Å². The van der Waals surface area contributed by atoms with Gasteiger partial charge >= 0.3 is 11.9 Å². The first kappa shape index (κ1) is 19.4. The minimum absolute atomic E-state index is 0.0650. The third-order valence-electron chi connectivity index (χ3n) is 4.54. The summed E-state index contributed by atoms with van der Waals surface area (Å²) in [4.78, 5) is 16.6. The van der Waals surface area contributed by atoms with Crippen LogP contribution in [0.25, 0.3) is 11.5 Å². The van der Waals surface area contributed by atoms with Crippen LogP contribution in [0.1, 0.15) is 25.3 Å². The first-order chi connectivity index (χ1) is 13.6. The van der Waals surface area contributed by atoms with Crippen molar-refractivity contribution in [3.8, 4) is 5.82 Å². The standard InChI is InChI=1S/C17H16F3N5O3S/c1-2-29(27,28)13-7-12(22-11-4-5-11)8-21-15(13)25-16(26)24-9-10(17(18,19)20)3-6-14(24)23-25/h3,6-9,11,22H,2,4-5H2,1H3. The summed E-state index contributed by atoms with van der Waals surface area (Å²) in [5.41, 5.74) is -1.55. The highest BCUT2D eigenvalue weighted by atomic mass is 32.2. The molecule has 4 rings (SSSR count). The van der Waals surface area contributed by atoms with Crippen molar-refractivity contribution in [3.05, 3.63) is 46.6 Å². The van der Waals surface area contributed by atoms with E-state index in [1.807, 2.05) is 0 Å². The van der Waals surface area contributed by atoms with Crippen molar-refractivity contribution in [2.75, 3.05) is 11.1 Å². The van der Waals surface area contributed by atoms with Crippen molar-refractivity contribution in [1.29, 1.82) is 0 Å². The molecule has 1 saturated carbocycles. The highest BCUT2D eigenvalue weighted by molar-refractivity contribution is 7.91. The second-order valence-electron chi connectivity index (χ2n) is 6.71. The van der Waals surface area contributed by atoms with Crippen LogP contribution in [0.3, 0.4) is 0 Å². The van der Waals surface area contributed by atoms with E-state index in [2.05, 4.69) is 15.4 Å². The van der Waals surface area contributed by atoms with E-state index in [0.717, 1.165) is 25.0 Å². The van der Waals surface area contributed by atoms with Gasteiger partial charge in [0, 0.05) is 12.2 Å². The molecule has 3 aromatic heterocycles. The lowest BCUT2D eigenvalue weighted by atomic mass is 10.3. The van der Waals surface area contributed by atoms with E-state index in [9.17, 15) is 26.4 Å². The lowest BCUT2D eigenvalue weighted by molar-refractivity contribution is -0.137. The maximum absolute atomic E-state index is 13.0. The fourth-order valence-electron chi connectivity index (χ4n) is 2.80. The van der Waals surface area contributed by atoms with Gasteiger partial charge in [-0.05, 0) is 31.0 Å². The zero-order chi connectivity index (χ0) is 21.0. The van der Waals surface area contributed by atoms with Crippen LogP contribution in [-0.4, -0.2) is 39.4 Å². The molecule has 29 heavy (non-hydrogen) atoms. The third kappa shape index (κ3) is 3.59. The molecule has 12 heteroatoms. The Labute approximate surface area is 162 Å². The molecular weight excluding hydrogens is 411 g/mol. The molecule has 154 valence electrons. The maximum atomic E-state index is 13.0. The fourth-order valence-corrected chi connectivity index (χ4v) is 3.84. The average molecular weight is 427 g/mol. The van der Waals surface area contributed by atoms with E-state index in [1.54, 1.807) is 0 Å². The Morgan fingerprint density at radius 1 is 1.28 bits per heavy atom. The van der Waals surface area contributed by atoms with Gasteiger partial charge in [-0.2, -0.15) is 17.9 Å². The van der Waals surface area contributed by atoms with Crippen LogP contribution in [0.15, 0.2) is 40.3 Å². The minimum Gasteiger partial charge on any atom is -0.381 e. The zero-order valence-electron chi connectivity index (χ0n) is 15.1. The molecule has 0 spiro atoms. The minimum atomic E-state index is -4.64. The quantitative estimate of drug-likeness (QED) is 0.671. The number of fused-ring (bicyclic) bond motifs is 1. The molecule has 1 aliphatic carbocycles. The number of hydrogen-bond acceptors (Lipinski definition) is 6. The number of hydrogen-bond donors (Lipinski definition) is 1. The molecule has 0 aromatic carbocycles. The summed E-state index contributed by atoms with van der Waals surface area (Å²) in [5, 5.41) is 7.10. The monoisotopic (exact) mass is 427 g/mol. The molecule has 0 radical (unpaired) electrons. The molecule has 0 amide bonds. The lowest BCUT2D eigenvalue weighted by Crippen LogP contribution is -2.23. The van der Waals surface area contributed by atoms with Crippen LogP contribution in [0.2, 0.25) is 0 Å². The molecule has 3 aromatic rings. The maximum Gasteiger partial charge on any atom is 0.417 e. The van der Waals surface area contributed by atoms with Gasteiger partial charge < -0.3 is 5.32 Å². The third-order valence-corrected chi connectivity index (χ3v) is 6.27. The van der Waals surface area contributed by atoms with Crippen molar-refractivity contribution in [1.82, 2.24) is 19.2 Å². The highest BCUT2D eigenvalue weighted by Crippen LogP contribution is 2.30. The topological polar surface area (TPSA) is 98.4 Å². The number of sulfone groups is 1. The number of nitrogens with one attached hydrogen (secondary N) is 1. The second-order valence-corrected chi connectivity index (χ2v) is 8.95. The Hall–Kier alpha value is -2.89. The van der Waals surface area contributed by atoms with Crippen molar-refractivity contribution < 1.29 is 21.6 Å². The number of aromatic nitrogens is 4. The molecule has 8 nitrogen and oxygen atoms in total. The van der Waals surface area contributed by atoms with Gasteiger partial charge in [0.15, 0.2) is 21.3 Å². The second kappa shape index (κ2) is 6.58. The summed E-state index contributed by atoms with van der Waals surface area (Å²) in [6.07, 6.45) is -0.713. The summed E-state index contributed by atoms with van der Waals surface area (Å²) in [6.45, 7) is 1.45. The van der Waals surface area contributed by atoms with Crippen LogP contribution in [-0.2, 0) is 16.0 Å². The molecular formula is C17H16F3N5O3S. The Balaban J connectivity index is 1.90. The van der Waals surface area contributed by atoms with Crippen LogP contribution in [0, 0.1) is 0 Å². The number of pyridine rings is 2. The van der Waals surface area contributed by atoms with Crippen molar-refractivity contribution in [2.45, 2.75) is 36.9 Å². The number of halogens is 3. The molecule has 0 aliphatic heterocycles. The Morgan fingerprint density at radius 3 is 2.62 bits per heavy atom. The Morgan fingerprint density at radius 2 is 2.00 bits per heavy atom. The van der Waals surface area contributed by atoms with Crippen LogP contribution >= 0.6 is 0 Å². The summed E-state index contributed by atoms with van der Waals surface area (Å²) >= 11 is 0. The van der Waals surface area contributed by atoms with E-state index < -0.39 is 27.3 Å². The van der Waals surface area contributed by atoms with Gasteiger partial charge in [-0.1, -0.05) is 6.92 Å². The number of alkyl halides is 3. The van der Waals surface area contributed by atoms with Crippen LogP contribution in [0.5, 0.6) is 0 Å². The summed E-state index contributed by atoms with van der Waals surface area (Å²) in [7, 11) is -3.79. The van der Waals surface area contributed by atoms with Gasteiger partial charge in [-0.15, -0.1) is 5.10 Å². The van der Waals surface area contributed by atoms with Gasteiger partial charge in [0.2, 0.25) is 0 Å². The van der Waals surface area contributed by atoms with Gasteiger partial charge in [0.05, 0.1) is 23.2 Å². The van der Waals surface area contributed by atoms with Crippen LogP contribution < -0.4 is 11.0 Å². The number of nitrogens with zero attached hydrogens (tertiary/aromatic N) is 4. The molecule has 1 aliphatic rings. The highest BCUT2D eigenvalue weighted by Gasteiger charge is 2.32. The number of rotatable bonds is 5. The van der Waals surface area contributed by atoms with E-state index >= 15 is 0 Å². The fraction of sp³-hybridized carbons (Fsp3) is 0.353. The molecule has 0 saturated heterocycles. The Kier molecular flexibility index (Phi) is 4.41. The normalized spacial score (nSPS) is 15.0. The summed E-state index contributed by atoms with van der Waals surface area (Å²) in [6, 6.07) is 3.46. The van der Waals surface area contributed by atoms with Gasteiger partial charge in [-0.25, -0.2) is 22.6 Å². The smallest absolute Gasteiger partial charge is 0.381 e. The van der Waals surface area contributed by atoms with E-state index in [4.69, 9.17) is 0 Å². The largest absolute Gasteiger partial charge is 0.417 e. The van der Waals surface area contributed by atoms with E-state index in [1.165, 1.54) is 19.2 Å². The van der Waals surface area contributed by atoms with Crippen molar-refractivity contribution in [3.63, 3.8) is 0 Å². The van der Waals surface area contributed by atoms with Gasteiger partial charge in [-0.3, -0.25) is 0 Å². The molecule has 1 fully saturated rings. The first-order valence-corrected chi connectivity index (χ1v) is 10.4. The van der Waals surface area contributed by atoms with Crippen LogP contribution in [0.4, 0.5) is 18.9 Å². The summed E-state index contributed by atoms with van der Waals surface area (Å²) < 4.78 is 65.5. The Bertz CT molecular complexity index is 1260. The molecule has 0 atom stereocenters.